The number of hydrogen-bond acceptors (Lipinski definition) is 5. The van der Waals surface area contributed by atoms with E-state index in [0.717, 1.165) is 37.7 Å². The Morgan fingerprint density at radius 3 is 2.52 bits per heavy atom. The normalized spacial score (nSPS) is 17.0. The van der Waals surface area contributed by atoms with Crippen molar-refractivity contribution in [1.29, 1.82) is 0 Å². The average molecular weight is 312 g/mol. The molecule has 1 saturated heterocycles. The van der Waals surface area contributed by atoms with E-state index in [1.54, 1.807) is 0 Å². The number of carboxylic acids is 1. The van der Waals surface area contributed by atoms with Gasteiger partial charge in [0.05, 0.1) is 5.69 Å². The summed E-state index contributed by atoms with van der Waals surface area (Å²) in [5, 5.41) is 10.2. The van der Waals surface area contributed by atoms with Gasteiger partial charge in [0, 0.05) is 32.2 Å². The molecule has 0 radical (unpaired) electrons. The number of thiazole rings is 1. The highest BCUT2D eigenvalue weighted by Crippen LogP contribution is 2.34. The van der Waals surface area contributed by atoms with Crippen molar-refractivity contribution in [2.45, 2.75) is 39.0 Å². The number of nitrogens with zero attached hydrogens (tertiary/aromatic N) is 2. The highest BCUT2D eigenvalue weighted by atomic mass is 32.1. The molecule has 0 spiro atoms. The van der Waals surface area contributed by atoms with E-state index in [4.69, 9.17) is 4.74 Å². The summed E-state index contributed by atoms with van der Waals surface area (Å²) in [5.74, 6) is -0.290. The van der Waals surface area contributed by atoms with Crippen LogP contribution in [0.1, 0.15) is 49.0 Å². The number of rotatable bonds is 4. The minimum absolute atomic E-state index is 0.262. The molecule has 1 aromatic rings. The Labute approximate surface area is 129 Å². The van der Waals surface area contributed by atoms with Gasteiger partial charge in [0.1, 0.15) is 4.88 Å². The minimum Gasteiger partial charge on any atom is -0.477 e. The first-order chi connectivity index (χ1) is 9.79. The molecule has 0 saturated carbocycles. The van der Waals surface area contributed by atoms with Crippen LogP contribution in [0.25, 0.3) is 0 Å². The van der Waals surface area contributed by atoms with Crippen LogP contribution in [0.4, 0.5) is 5.13 Å². The van der Waals surface area contributed by atoms with Crippen molar-refractivity contribution in [2.75, 3.05) is 31.7 Å². The molecular formula is C15H24N2O3S. The van der Waals surface area contributed by atoms with Crippen LogP contribution in [0, 0.1) is 5.92 Å². The van der Waals surface area contributed by atoms with E-state index in [0.29, 0.717) is 16.5 Å². The Morgan fingerprint density at radius 1 is 1.43 bits per heavy atom. The van der Waals surface area contributed by atoms with Gasteiger partial charge in [0.15, 0.2) is 5.13 Å². The molecule has 1 N–H and O–H groups in total. The Hall–Kier alpha value is -1.14. The summed E-state index contributed by atoms with van der Waals surface area (Å²) in [6.07, 6.45) is 2.13. The van der Waals surface area contributed by atoms with E-state index < -0.39 is 5.97 Å². The number of aromatic nitrogens is 1. The Bertz CT molecular complexity index is 502. The second-order valence-corrected chi connectivity index (χ2v) is 7.64. The highest BCUT2D eigenvalue weighted by molar-refractivity contribution is 7.17. The van der Waals surface area contributed by atoms with Gasteiger partial charge in [-0.1, -0.05) is 32.1 Å². The molecule has 1 aliphatic heterocycles. The Morgan fingerprint density at radius 2 is 2.05 bits per heavy atom. The summed E-state index contributed by atoms with van der Waals surface area (Å²) in [6.45, 7) is 8.54. The van der Waals surface area contributed by atoms with Crippen molar-refractivity contribution < 1.29 is 14.6 Å². The first kappa shape index (κ1) is 16.2. The molecule has 1 aromatic heterocycles. The Balaban J connectivity index is 2.17. The van der Waals surface area contributed by atoms with E-state index in [9.17, 15) is 9.90 Å². The van der Waals surface area contributed by atoms with Gasteiger partial charge in [-0.15, -0.1) is 0 Å². The molecule has 118 valence electrons. The van der Waals surface area contributed by atoms with Crippen molar-refractivity contribution in [3.8, 4) is 0 Å². The third-order valence-corrected chi connectivity index (χ3v) is 4.88. The van der Waals surface area contributed by atoms with E-state index in [1.807, 2.05) is 27.8 Å². The molecule has 1 aliphatic rings. The summed E-state index contributed by atoms with van der Waals surface area (Å²) >= 11 is 1.28. The molecule has 21 heavy (non-hydrogen) atoms. The lowest BCUT2D eigenvalue weighted by molar-refractivity contribution is 0.0684. The first-order valence-electron chi connectivity index (χ1n) is 7.32. The summed E-state index contributed by atoms with van der Waals surface area (Å²) < 4.78 is 5.38. The van der Waals surface area contributed by atoms with Crippen molar-refractivity contribution in [3.05, 3.63) is 10.6 Å². The highest BCUT2D eigenvalue weighted by Gasteiger charge is 2.28. The zero-order valence-electron chi connectivity index (χ0n) is 13.2. The molecule has 5 nitrogen and oxygen atoms in total. The third kappa shape index (κ3) is 3.95. The number of carbonyl (C=O) groups is 1. The molecule has 0 bridgehead atoms. The summed E-state index contributed by atoms with van der Waals surface area (Å²) in [7, 11) is 1.99. The maximum atomic E-state index is 11.4. The predicted octanol–water partition coefficient (Wildman–Crippen LogP) is 3.00. The molecule has 2 rings (SSSR count). The average Bonchev–Trinajstić information content (AvgIpc) is 2.85. The minimum atomic E-state index is -0.886. The monoisotopic (exact) mass is 312 g/mol. The van der Waals surface area contributed by atoms with Crippen LogP contribution in [-0.2, 0) is 10.2 Å². The maximum Gasteiger partial charge on any atom is 0.347 e. The zero-order valence-corrected chi connectivity index (χ0v) is 14.0. The lowest BCUT2D eigenvalue weighted by Gasteiger charge is -2.26. The maximum absolute atomic E-state index is 11.4. The van der Waals surface area contributed by atoms with E-state index in [-0.39, 0.29) is 5.41 Å². The molecule has 0 aromatic carbocycles. The van der Waals surface area contributed by atoms with Crippen molar-refractivity contribution in [3.63, 3.8) is 0 Å². The number of ether oxygens (including phenoxy) is 1. The molecule has 0 atom stereocenters. The standard InChI is InChI=1S/C15H24N2O3S/c1-15(2,3)12-11(13(18)19)21-14(16-12)17(4)9-10-5-7-20-8-6-10/h10H,5-9H2,1-4H3,(H,18,19). The van der Waals surface area contributed by atoms with E-state index in [1.165, 1.54) is 11.3 Å². The van der Waals surface area contributed by atoms with E-state index >= 15 is 0 Å². The van der Waals surface area contributed by atoms with Crippen LogP contribution in [0.3, 0.4) is 0 Å². The van der Waals surface area contributed by atoms with Gasteiger partial charge in [-0.05, 0) is 18.8 Å². The SMILES string of the molecule is CN(CC1CCOCC1)c1nc(C(C)(C)C)c(C(=O)O)s1. The molecule has 0 unspecified atom stereocenters. The topological polar surface area (TPSA) is 62.7 Å². The molecule has 0 aliphatic carbocycles. The summed E-state index contributed by atoms with van der Waals surface area (Å²) in [6, 6.07) is 0. The summed E-state index contributed by atoms with van der Waals surface area (Å²) in [5.41, 5.74) is 0.413. The molecule has 0 amide bonds. The predicted molar refractivity (Wildman–Crippen MR) is 84.6 cm³/mol. The fourth-order valence-corrected chi connectivity index (χ4v) is 3.61. The van der Waals surface area contributed by atoms with Gasteiger partial charge < -0.3 is 14.7 Å². The number of carboxylic acid groups (broad SMARTS) is 1. The zero-order chi connectivity index (χ0) is 15.6. The molecular weight excluding hydrogens is 288 g/mol. The molecule has 2 heterocycles. The van der Waals surface area contributed by atoms with Gasteiger partial charge in [-0.2, -0.15) is 0 Å². The third-order valence-electron chi connectivity index (χ3n) is 3.72. The number of hydrogen-bond donors (Lipinski definition) is 1. The largest absolute Gasteiger partial charge is 0.477 e. The Kier molecular flexibility index (Phi) is 4.88. The lowest BCUT2D eigenvalue weighted by atomic mass is 9.91. The lowest BCUT2D eigenvalue weighted by Crippen LogP contribution is -2.29. The molecule has 6 heteroatoms. The van der Waals surface area contributed by atoms with Crippen LogP contribution in [-0.4, -0.2) is 42.9 Å². The molecule has 1 fully saturated rings. The smallest absolute Gasteiger partial charge is 0.347 e. The van der Waals surface area contributed by atoms with Crippen LogP contribution >= 0.6 is 11.3 Å². The van der Waals surface area contributed by atoms with Crippen molar-refractivity contribution in [1.82, 2.24) is 4.98 Å². The van der Waals surface area contributed by atoms with Gasteiger partial charge >= 0.3 is 5.97 Å². The van der Waals surface area contributed by atoms with Gasteiger partial charge in [0.2, 0.25) is 0 Å². The van der Waals surface area contributed by atoms with Crippen LogP contribution in [0.2, 0.25) is 0 Å². The van der Waals surface area contributed by atoms with Gasteiger partial charge in [-0.3, -0.25) is 0 Å². The van der Waals surface area contributed by atoms with E-state index in [2.05, 4.69) is 9.88 Å². The summed E-state index contributed by atoms with van der Waals surface area (Å²) in [4.78, 5) is 18.5. The van der Waals surface area contributed by atoms with Crippen molar-refractivity contribution in [2.24, 2.45) is 5.92 Å². The number of anilines is 1. The van der Waals surface area contributed by atoms with Gasteiger partial charge in [-0.25, -0.2) is 9.78 Å². The fourth-order valence-electron chi connectivity index (χ4n) is 2.52. The second-order valence-electron chi connectivity index (χ2n) is 6.67. The van der Waals surface area contributed by atoms with Gasteiger partial charge in [0.25, 0.3) is 0 Å². The van der Waals surface area contributed by atoms with Crippen LogP contribution in [0.15, 0.2) is 0 Å². The van der Waals surface area contributed by atoms with Crippen LogP contribution in [0.5, 0.6) is 0 Å². The van der Waals surface area contributed by atoms with Crippen molar-refractivity contribution >= 4 is 22.4 Å². The number of aromatic carboxylic acids is 1. The first-order valence-corrected chi connectivity index (χ1v) is 8.14. The fraction of sp³-hybridized carbons (Fsp3) is 0.733. The quantitative estimate of drug-likeness (QED) is 0.926. The second kappa shape index (κ2) is 6.32. The van der Waals surface area contributed by atoms with Crippen LogP contribution < -0.4 is 4.90 Å².